The molecule has 2 aliphatic rings. The molecule has 2 aliphatic heterocycles. The summed E-state index contributed by atoms with van der Waals surface area (Å²) in [6.07, 6.45) is 2.04. The number of pyridine rings is 1. The van der Waals surface area contributed by atoms with E-state index in [1.165, 1.54) is 0 Å². The van der Waals surface area contributed by atoms with Crippen LogP contribution in [0.15, 0.2) is 48.7 Å². The van der Waals surface area contributed by atoms with Gasteiger partial charge in [0, 0.05) is 50.1 Å². The Labute approximate surface area is 175 Å². The van der Waals surface area contributed by atoms with Gasteiger partial charge in [-0.1, -0.05) is 30.3 Å². The summed E-state index contributed by atoms with van der Waals surface area (Å²) in [5.74, 6) is 0.256. The third-order valence-electron chi connectivity index (χ3n) is 5.51. The molecule has 5 rings (SSSR count). The number of anilines is 1. The standard InChI is InChI=1S/C22H25N7O/c23-22-26-19-7-6-18(25-21(19)20(27-22)16-4-2-1-3-5-16)17-14-24-29(15-17)9-8-28-10-12-30-13-11-28/h1-7,14,24H,8-13,15H2,(H2,23,26,27). The lowest BCUT2D eigenvalue weighted by Crippen LogP contribution is -2.43. The smallest absolute Gasteiger partial charge is 0.221 e. The van der Waals surface area contributed by atoms with Crippen molar-refractivity contribution in [3.8, 4) is 11.3 Å². The fourth-order valence-electron chi connectivity index (χ4n) is 3.86. The summed E-state index contributed by atoms with van der Waals surface area (Å²) in [6.45, 7) is 6.44. The summed E-state index contributed by atoms with van der Waals surface area (Å²) in [7, 11) is 0. The fraction of sp³-hybridized carbons (Fsp3) is 0.318. The van der Waals surface area contributed by atoms with E-state index in [-0.39, 0.29) is 5.95 Å². The molecular formula is C22H25N7O. The molecule has 0 radical (unpaired) electrons. The van der Waals surface area contributed by atoms with Crippen LogP contribution in [-0.4, -0.2) is 70.8 Å². The number of hydrazine groups is 1. The van der Waals surface area contributed by atoms with Gasteiger partial charge in [-0.3, -0.25) is 4.90 Å². The average molecular weight is 403 g/mol. The number of hydrogen-bond acceptors (Lipinski definition) is 8. The van der Waals surface area contributed by atoms with Gasteiger partial charge >= 0.3 is 0 Å². The van der Waals surface area contributed by atoms with Crippen molar-refractivity contribution >= 4 is 22.6 Å². The molecule has 0 saturated carbocycles. The van der Waals surface area contributed by atoms with Gasteiger partial charge in [-0.2, -0.15) is 0 Å². The number of hydrogen-bond donors (Lipinski definition) is 2. The predicted molar refractivity (Wildman–Crippen MR) is 117 cm³/mol. The van der Waals surface area contributed by atoms with Gasteiger partial charge in [0.05, 0.1) is 24.4 Å². The lowest BCUT2D eigenvalue weighted by atomic mass is 10.1. The minimum absolute atomic E-state index is 0.256. The van der Waals surface area contributed by atoms with Crippen LogP contribution in [-0.2, 0) is 4.74 Å². The number of benzene rings is 1. The Morgan fingerprint density at radius 1 is 0.967 bits per heavy atom. The molecular weight excluding hydrogens is 378 g/mol. The van der Waals surface area contributed by atoms with E-state index in [9.17, 15) is 0 Å². The predicted octanol–water partition coefficient (Wildman–Crippen LogP) is 1.77. The molecule has 30 heavy (non-hydrogen) atoms. The maximum Gasteiger partial charge on any atom is 0.221 e. The first kappa shape index (κ1) is 18.9. The minimum atomic E-state index is 0.256. The normalized spacial score (nSPS) is 17.8. The van der Waals surface area contributed by atoms with Crippen molar-refractivity contribution in [3.05, 3.63) is 54.4 Å². The number of rotatable bonds is 5. The molecule has 1 aromatic carbocycles. The van der Waals surface area contributed by atoms with Gasteiger partial charge in [0.2, 0.25) is 5.95 Å². The van der Waals surface area contributed by atoms with Crippen LogP contribution in [0, 0.1) is 0 Å². The highest BCUT2D eigenvalue weighted by Crippen LogP contribution is 2.27. The maximum atomic E-state index is 5.95. The third-order valence-corrected chi connectivity index (χ3v) is 5.51. The van der Waals surface area contributed by atoms with Gasteiger partial charge in [0.25, 0.3) is 0 Å². The summed E-state index contributed by atoms with van der Waals surface area (Å²) in [5.41, 5.74) is 14.6. The number of aromatic nitrogens is 3. The van der Waals surface area contributed by atoms with Gasteiger partial charge < -0.3 is 15.9 Å². The zero-order valence-electron chi connectivity index (χ0n) is 16.8. The number of nitrogens with zero attached hydrogens (tertiary/aromatic N) is 5. The third kappa shape index (κ3) is 3.97. The summed E-state index contributed by atoms with van der Waals surface area (Å²) >= 11 is 0. The molecule has 1 saturated heterocycles. The lowest BCUT2D eigenvalue weighted by molar-refractivity contribution is 0.0327. The number of ether oxygens (including phenoxy) is 1. The van der Waals surface area contributed by atoms with Crippen LogP contribution in [0.5, 0.6) is 0 Å². The quantitative estimate of drug-likeness (QED) is 0.666. The van der Waals surface area contributed by atoms with Crippen LogP contribution in [0.4, 0.5) is 5.95 Å². The average Bonchev–Trinajstić information content (AvgIpc) is 3.27. The lowest BCUT2D eigenvalue weighted by Gasteiger charge is -2.28. The van der Waals surface area contributed by atoms with E-state index < -0.39 is 0 Å². The second kappa shape index (κ2) is 8.35. The zero-order valence-corrected chi connectivity index (χ0v) is 16.8. The van der Waals surface area contributed by atoms with Crippen LogP contribution in [0.3, 0.4) is 0 Å². The van der Waals surface area contributed by atoms with E-state index in [4.69, 9.17) is 15.5 Å². The summed E-state index contributed by atoms with van der Waals surface area (Å²) in [6, 6.07) is 14.0. The van der Waals surface area contributed by atoms with E-state index in [1.54, 1.807) is 0 Å². The van der Waals surface area contributed by atoms with Crippen molar-refractivity contribution in [2.45, 2.75) is 0 Å². The van der Waals surface area contributed by atoms with E-state index in [2.05, 4.69) is 25.3 Å². The molecule has 0 spiro atoms. The molecule has 0 unspecified atom stereocenters. The van der Waals surface area contributed by atoms with E-state index in [1.807, 2.05) is 48.7 Å². The molecule has 2 aromatic heterocycles. The van der Waals surface area contributed by atoms with Crippen molar-refractivity contribution in [2.24, 2.45) is 0 Å². The van der Waals surface area contributed by atoms with Crippen molar-refractivity contribution in [3.63, 3.8) is 0 Å². The maximum absolute atomic E-state index is 5.95. The number of nitrogens with one attached hydrogen (secondary N) is 1. The van der Waals surface area contributed by atoms with Crippen molar-refractivity contribution < 1.29 is 4.74 Å². The molecule has 8 heteroatoms. The van der Waals surface area contributed by atoms with Gasteiger partial charge in [0.1, 0.15) is 11.2 Å². The molecule has 0 atom stereocenters. The Balaban J connectivity index is 1.36. The van der Waals surface area contributed by atoms with Gasteiger partial charge in [-0.05, 0) is 12.1 Å². The fourth-order valence-corrected chi connectivity index (χ4v) is 3.86. The molecule has 154 valence electrons. The highest BCUT2D eigenvalue weighted by molar-refractivity contribution is 5.91. The van der Waals surface area contributed by atoms with Gasteiger partial charge in [-0.25, -0.2) is 20.0 Å². The summed E-state index contributed by atoms with van der Waals surface area (Å²) < 4.78 is 5.42. The Kier molecular flexibility index (Phi) is 5.27. The minimum Gasteiger partial charge on any atom is -0.379 e. The van der Waals surface area contributed by atoms with Crippen molar-refractivity contribution in [1.82, 2.24) is 30.3 Å². The van der Waals surface area contributed by atoms with Crippen molar-refractivity contribution in [1.29, 1.82) is 0 Å². The van der Waals surface area contributed by atoms with Crippen LogP contribution in [0.2, 0.25) is 0 Å². The van der Waals surface area contributed by atoms with Crippen LogP contribution in [0.25, 0.3) is 27.9 Å². The monoisotopic (exact) mass is 403 g/mol. The van der Waals surface area contributed by atoms with E-state index in [0.717, 1.165) is 79.5 Å². The SMILES string of the molecule is Nc1nc(-c2ccccc2)c2nc(C3=CNN(CCN4CCOCC4)C3)ccc2n1. The molecule has 8 nitrogen and oxygen atoms in total. The van der Waals surface area contributed by atoms with Crippen LogP contribution < -0.4 is 11.2 Å². The first-order valence-corrected chi connectivity index (χ1v) is 10.3. The summed E-state index contributed by atoms with van der Waals surface area (Å²) in [4.78, 5) is 16.2. The molecule has 1 fully saturated rings. The molecule has 4 heterocycles. The Morgan fingerprint density at radius 3 is 2.63 bits per heavy atom. The first-order chi connectivity index (χ1) is 14.8. The zero-order chi connectivity index (χ0) is 20.3. The number of nitrogens with two attached hydrogens (primary N) is 1. The second-order valence-electron chi connectivity index (χ2n) is 7.53. The Bertz CT molecular complexity index is 1060. The number of fused-ring (bicyclic) bond motifs is 1. The molecule has 0 bridgehead atoms. The van der Waals surface area contributed by atoms with Crippen LogP contribution in [0.1, 0.15) is 5.69 Å². The Hall–Kier alpha value is -3.07. The number of morpholine rings is 1. The Morgan fingerprint density at radius 2 is 1.80 bits per heavy atom. The largest absolute Gasteiger partial charge is 0.379 e. The molecule has 3 N–H and O–H groups in total. The molecule has 0 amide bonds. The van der Waals surface area contributed by atoms with Gasteiger partial charge in [0.15, 0.2) is 0 Å². The van der Waals surface area contributed by atoms with E-state index in [0.29, 0.717) is 0 Å². The highest BCUT2D eigenvalue weighted by Gasteiger charge is 2.19. The number of nitrogen functional groups attached to an aromatic ring is 1. The van der Waals surface area contributed by atoms with Crippen LogP contribution >= 0.6 is 0 Å². The molecule has 0 aliphatic carbocycles. The molecule has 3 aromatic rings. The van der Waals surface area contributed by atoms with Gasteiger partial charge in [-0.15, -0.1) is 0 Å². The highest BCUT2D eigenvalue weighted by atomic mass is 16.5. The van der Waals surface area contributed by atoms with E-state index >= 15 is 0 Å². The van der Waals surface area contributed by atoms with Crippen molar-refractivity contribution in [2.75, 3.05) is 51.7 Å². The topological polar surface area (TPSA) is 92.4 Å². The summed E-state index contributed by atoms with van der Waals surface area (Å²) in [5, 5.41) is 2.22. The second-order valence-corrected chi connectivity index (χ2v) is 7.53. The first-order valence-electron chi connectivity index (χ1n) is 10.3.